The van der Waals surface area contributed by atoms with Gasteiger partial charge in [0.2, 0.25) is 0 Å². The Hall–Kier alpha value is -1.79. The summed E-state index contributed by atoms with van der Waals surface area (Å²) < 4.78 is 0. The van der Waals surface area contributed by atoms with Crippen molar-refractivity contribution in [1.82, 2.24) is 15.3 Å². The van der Waals surface area contributed by atoms with E-state index in [0.717, 1.165) is 28.6 Å². The van der Waals surface area contributed by atoms with Gasteiger partial charge in [-0.05, 0) is 59.6 Å². The van der Waals surface area contributed by atoms with Gasteiger partial charge in [0, 0.05) is 22.0 Å². The molecular formula is C20H29N5S. The molecule has 0 unspecified atom stereocenters. The highest BCUT2D eigenvalue weighted by atomic mass is 32.2. The van der Waals surface area contributed by atoms with Gasteiger partial charge in [0.15, 0.2) is 5.82 Å². The average Bonchev–Trinajstić information content (AvgIpc) is 2.50. The smallest absolute Gasteiger partial charge is 0.154 e. The second-order valence-electron chi connectivity index (χ2n) is 8.50. The number of hydrogen-bond donors (Lipinski definition) is 3. The van der Waals surface area contributed by atoms with Gasteiger partial charge in [0.25, 0.3) is 0 Å². The normalized spacial score (nSPS) is 19.3. The van der Waals surface area contributed by atoms with E-state index < -0.39 is 0 Å². The summed E-state index contributed by atoms with van der Waals surface area (Å²) in [7, 11) is 0. The maximum absolute atomic E-state index is 6.39. The SMILES string of the molecule is Cc1ccc(Sc2ncnc(NC3CC(C)(C)NC(C)(C)C3)c2N)cc1. The van der Waals surface area contributed by atoms with Crippen LogP contribution in [0.4, 0.5) is 11.5 Å². The summed E-state index contributed by atoms with van der Waals surface area (Å²) >= 11 is 1.57. The molecule has 1 saturated heterocycles. The van der Waals surface area contributed by atoms with Crippen molar-refractivity contribution in [2.45, 2.75) is 74.5 Å². The summed E-state index contributed by atoms with van der Waals surface area (Å²) in [6, 6.07) is 8.69. The van der Waals surface area contributed by atoms with E-state index in [1.165, 1.54) is 5.56 Å². The number of nitrogens with zero attached hydrogens (tertiary/aromatic N) is 2. The Balaban J connectivity index is 1.77. The molecule has 3 rings (SSSR count). The van der Waals surface area contributed by atoms with Crippen LogP contribution in [0.3, 0.4) is 0 Å². The van der Waals surface area contributed by atoms with Gasteiger partial charge in [0.1, 0.15) is 17.0 Å². The number of nitrogen functional groups attached to an aromatic ring is 1. The van der Waals surface area contributed by atoms with Crippen LogP contribution in [0.1, 0.15) is 46.1 Å². The van der Waals surface area contributed by atoms with Crippen molar-refractivity contribution in [2.75, 3.05) is 11.1 Å². The summed E-state index contributed by atoms with van der Waals surface area (Å²) in [5.74, 6) is 0.730. The fourth-order valence-corrected chi connectivity index (χ4v) is 4.71. The molecule has 1 aromatic carbocycles. The molecule has 0 bridgehead atoms. The molecule has 1 fully saturated rings. The van der Waals surface area contributed by atoms with Gasteiger partial charge in [-0.3, -0.25) is 0 Å². The molecule has 0 aliphatic carbocycles. The molecule has 26 heavy (non-hydrogen) atoms. The number of piperidine rings is 1. The number of anilines is 2. The van der Waals surface area contributed by atoms with Gasteiger partial charge < -0.3 is 16.4 Å². The minimum absolute atomic E-state index is 0.0701. The molecule has 0 saturated carbocycles. The largest absolute Gasteiger partial charge is 0.394 e. The Labute approximate surface area is 160 Å². The van der Waals surface area contributed by atoms with E-state index >= 15 is 0 Å². The molecule has 4 N–H and O–H groups in total. The van der Waals surface area contributed by atoms with Crippen molar-refractivity contribution < 1.29 is 0 Å². The van der Waals surface area contributed by atoms with Gasteiger partial charge in [-0.1, -0.05) is 29.5 Å². The summed E-state index contributed by atoms with van der Waals surface area (Å²) in [5.41, 5.74) is 8.39. The lowest BCUT2D eigenvalue weighted by Gasteiger charge is -2.46. The van der Waals surface area contributed by atoms with Crippen LogP contribution in [0.15, 0.2) is 40.5 Å². The molecular weight excluding hydrogens is 342 g/mol. The minimum atomic E-state index is 0.0701. The van der Waals surface area contributed by atoms with E-state index in [1.54, 1.807) is 18.1 Å². The first-order chi connectivity index (χ1) is 12.1. The van der Waals surface area contributed by atoms with Crippen molar-refractivity contribution in [3.8, 4) is 0 Å². The van der Waals surface area contributed by atoms with Crippen LogP contribution < -0.4 is 16.4 Å². The van der Waals surface area contributed by atoms with Crippen LogP contribution in [0.25, 0.3) is 0 Å². The van der Waals surface area contributed by atoms with Crippen LogP contribution >= 0.6 is 11.8 Å². The van der Waals surface area contributed by atoms with Gasteiger partial charge in [-0.15, -0.1) is 0 Å². The predicted molar refractivity (Wildman–Crippen MR) is 110 cm³/mol. The third-order valence-corrected chi connectivity index (χ3v) is 5.64. The van der Waals surface area contributed by atoms with Crippen molar-refractivity contribution in [3.05, 3.63) is 36.2 Å². The van der Waals surface area contributed by atoms with E-state index in [4.69, 9.17) is 5.73 Å². The highest BCUT2D eigenvalue weighted by Gasteiger charge is 2.37. The van der Waals surface area contributed by atoms with Gasteiger partial charge in [0.05, 0.1) is 0 Å². The second-order valence-corrected chi connectivity index (χ2v) is 9.56. The Morgan fingerprint density at radius 2 is 1.69 bits per heavy atom. The zero-order chi connectivity index (χ0) is 18.9. The van der Waals surface area contributed by atoms with E-state index in [2.05, 4.69) is 79.5 Å². The fraction of sp³-hybridized carbons (Fsp3) is 0.500. The van der Waals surface area contributed by atoms with Gasteiger partial charge >= 0.3 is 0 Å². The highest BCUT2D eigenvalue weighted by Crippen LogP contribution is 2.35. The minimum Gasteiger partial charge on any atom is -0.394 e. The fourth-order valence-electron chi connectivity index (χ4n) is 3.91. The molecule has 0 radical (unpaired) electrons. The first kappa shape index (κ1) is 19.0. The maximum Gasteiger partial charge on any atom is 0.154 e. The quantitative estimate of drug-likeness (QED) is 0.698. The Bertz CT molecular complexity index is 754. The number of benzene rings is 1. The number of rotatable bonds is 4. The van der Waals surface area contributed by atoms with Crippen LogP contribution in [0, 0.1) is 6.92 Å². The molecule has 1 aromatic heterocycles. The summed E-state index contributed by atoms with van der Waals surface area (Å²) in [6.45, 7) is 11.0. The molecule has 0 amide bonds. The first-order valence-corrected chi connectivity index (χ1v) is 9.86. The van der Waals surface area contributed by atoms with Crippen LogP contribution in [0.2, 0.25) is 0 Å². The Kier molecular flexibility index (Phi) is 5.17. The molecule has 0 spiro atoms. The molecule has 1 aliphatic heterocycles. The second kappa shape index (κ2) is 7.08. The van der Waals surface area contributed by atoms with Gasteiger partial charge in [-0.2, -0.15) is 0 Å². The average molecular weight is 372 g/mol. The van der Waals surface area contributed by atoms with Crippen LogP contribution in [-0.4, -0.2) is 27.1 Å². The number of hydrogen-bond acceptors (Lipinski definition) is 6. The topological polar surface area (TPSA) is 75.9 Å². The Morgan fingerprint density at radius 1 is 1.08 bits per heavy atom. The zero-order valence-corrected chi connectivity index (χ0v) is 17.1. The van der Waals surface area contributed by atoms with Crippen molar-refractivity contribution in [3.63, 3.8) is 0 Å². The van der Waals surface area contributed by atoms with E-state index in [1.807, 2.05) is 0 Å². The van der Waals surface area contributed by atoms with Crippen LogP contribution in [0.5, 0.6) is 0 Å². The first-order valence-electron chi connectivity index (χ1n) is 9.04. The Morgan fingerprint density at radius 3 is 2.31 bits per heavy atom. The summed E-state index contributed by atoms with van der Waals surface area (Å²) in [4.78, 5) is 9.91. The van der Waals surface area contributed by atoms with E-state index in [9.17, 15) is 0 Å². The molecule has 5 nitrogen and oxygen atoms in total. The summed E-state index contributed by atoms with van der Waals surface area (Å²) in [6.07, 6.45) is 3.62. The lowest BCUT2D eigenvalue weighted by atomic mass is 9.79. The standard InChI is InChI=1S/C20H29N5S/c1-13-6-8-15(9-7-13)26-18-16(21)17(22-12-23-18)24-14-10-19(2,3)25-20(4,5)11-14/h6-9,12,14,25H,10-11,21H2,1-5H3,(H,22,23,24). The van der Waals surface area contributed by atoms with Crippen molar-refractivity contribution in [2.24, 2.45) is 0 Å². The summed E-state index contributed by atoms with van der Waals surface area (Å²) in [5, 5.41) is 8.06. The van der Waals surface area contributed by atoms with Gasteiger partial charge in [-0.25, -0.2) is 9.97 Å². The molecule has 140 valence electrons. The third kappa shape index (κ3) is 4.68. The lowest BCUT2D eigenvalue weighted by Crippen LogP contribution is -2.60. The predicted octanol–water partition coefficient (Wildman–Crippen LogP) is 4.24. The number of nitrogens with one attached hydrogen (secondary N) is 2. The molecule has 2 aromatic rings. The third-order valence-electron chi connectivity index (χ3n) is 4.61. The molecule has 6 heteroatoms. The highest BCUT2D eigenvalue weighted by molar-refractivity contribution is 7.99. The maximum atomic E-state index is 6.39. The molecule has 1 aliphatic rings. The van der Waals surface area contributed by atoms with Crippen LogP contribution in [-0.2, 0) is 0 Å². The molecule has 0 atom stereocenters. The lowest BCUT2D eigenvalue weighted by molar-refractivity contribution is 0.170. The number of aryl methyl sites for hydroxylation is 1. The van der Waals surface area contributed by atoms with E-state index in [-0.39, 0.29) is 11.1 Å². The van der Waals surface area contributed by atoms with Crippen molar-refractivity contribution in [1.29, 1.82) is 0 Å². The zero-order valence-electron chi connectivity index (χ0n) is 16.3. The number of aromatic nitrogens is 2. The van der Waals surface area contributed by atoms with Crippen molar-refractivity contribution >= 4 is 23.3 Å². The monoisotopic (exact) mass is 371 g/mol. The number of nitrogens with two attached hydrogens (primary N) is 1. The molecule has 2 heterocycles. The van der Waals surface area contributed by atoms with E-state index in [0.29, 0.717) is 11.7 Å².